The zero-order valence-corrected chi connectivity index (χ0v) is 18.1. The zero-order valence-electron chi connectivity index (χ0n) is 17.3. The second-order valence-electron chi connectivity index (χ2n) is 9.99. The quantitative estimate of drug-likeness (QED) is 0.716. The molecule has 0 atom stereocenters. The van der Waals surface area contributed by atoms with Crippen LogP contribution >= 0.6 is 11.3 Å². The molecule has 4 nitrogen and oxygen atoms in total. The van der Waals surface area contributed by atoms with Gasteiger partial charge in [0.05, 0.1) is 5.69 Å². The van der Waals surface area contributed by atoms with Crippen LogP contribution in [0.4, 0.5) is 5.13 Å². The number of thiazole rings is 1. The van der Waals surface area contributed by atoms with Gasteiger partial charge in [-0.2, -0.15) is 0 Å². The number of anilines is 1. The molecule has 0 bridgehead atoms. The highest BCUT2D eigenvalue weighted by molar-refractivity contribution is 7.15. The molecular formula is C22H35N3OS. The van der Waals surface area contributed by atoms with E-state index in [9.17, 15) is 4.79 Å². The normalized spacial score (nSPS) is 27.9. The lowest BCUT2D eigenvalue weighted by Gasteiger charge is -2.45. The highest BCUT2D eigenvalue weighted by Crippen LogP contribution is 2.38. The first-order chi connectivity index (χ1) is 12.9. The van der Waals surface area contributed by atoms with E-state index in [2.05, 4.69) is 23.6 Å². The van der Waals surface area contributed by atoms with Crippen LogP contribution in [0.25, 0.3) is 0 Å². The van der Waals surface area contributed by atoms with E-state index in [0.29, 0.717) is 17.1 Å². The minimum absolute atomic E-state index is 0.368. The molecule has 4 rings (SSSR count). The molecule has 0 amide bonds. The van der Waals surface area contributed by atoms with Crippen molar-refractivity contribution in [1.82, 2.24) is 9.88 Å². The van der Waals surface area contributed by atoms with Gasteiger partial charge in [-0.25, -0.2) is 4.98 Å². The van der Waals surface area contributed by atoms with Crippen molar-refractivity contribution >= 4 is 22.3 Å². The van der Waals surface area contributed by atoms with Crippen LogP contribution in [0.1, 0.15) is 69.9 Å². The van der Waals surface area contributed by atoms with Crippen LogP contribution < -0.4 is 4.90 Å². The standard InChI is InChI=1S/C22H35N3OS/c1-16(26)12-18-6-4-17(5-7-18)8-10-24-11-9-20-19(13-24)23-21(27-20)25-14-22(2,3)15-25/h17-18H,4-15H2,1-3H3. The third kappa shape index (κ3) is 4.73. The molecule has 2 aliphatic heterocycles. The van der Waals surface area contributed by atoms with E-state index in [1.165, 1.54) is 67.3 Å². The van der Waals surface area contributed by atoms with E-state index in [1.807, 2.05) is 11.3 Å². The van der Waals surface area contributed by atoms with Gasteiger partial charge >= 0.3 is 0 Å². The molecule has 1 aliphatic carbocycles. The van der Waals surface area contributed by atoms with Gasteiger partial charge in [0.2, 0.25) is 0 Å². The van der Waals surface area contributed by atoms with Crippen LogP contribution in [0.2, 0.25) is 0 Å². The van der Waals surface area contributed by atoms with Crippen molar-refractivity contribution in [3.05, 3.63) is 10.6 Å². The largest absolute Gasteiger partial charge is 0.347 e. The molecule has 3 heterocycles. The molecule has 5 heteroatoms. The first kappa shape index (κ1) is 19.4. The number of carbonyl (C=O) groups excluding carboxylic acids is 1. The predicted molar refractivity (Wildman–Crippen MR) is 112 cm³/mol. The van der Waals surface area contributed by atoms with E-state index < -0.39 is 0 Å². The van der Waals surface area contributed by atoms with Crippen LogP contribution in [0.15, 0.2) is 0 Å². The number of fused-ring (bicyclic) bond motifs is 1. The van der Waals surface area contributed by atoms with Crippen LogP contribution in [0, 0.1) is 17.3 Å². The van der Waals surface area contributed by atoms with Crippen molar-refractivity contribution in [2.75, 3.05) is 31.1 Å². The molecule has 0 spiro atoms. The average Bonchev–Trinajstić information content (AvgIpc) is 3.01. The first-order valence-corrected chi connectivity index (χ1v) is 11.6. The Hall–Kier alpha value is -0.940. The summed E-state index contributed by atoms with van der Waals surface area (Å²) in [6.45, 7) is 12.2. The maximum absolute atomic E-state index is 11.3. The molecule has 27 heavy (non-hydrogen) atoms. The van der Waals surface area contributed by atoms with Gasteiger partial charge in [-0.1, -0.05) is 26.7 Å². The molecule has 1 saturated heterocycles. The highest BCUT2D eigenvalue weighted by Gasteiger charge is 2.36. The van der Waals surface area contributed by atoms with Crippen LogP contribution in [-0.4, -0.2) is 41.8 Å². The van der Waals surface area contributed by atoms with Gasteiger partial charge in [-0.05, 0) is 56.4 Å². The maximum Gasteiger partial charge on any atom is 0.185 e. The summed E-state index contributed by atoms with van der Waals surface area (Å²) in [5.74, 6) is 1.90. The van der Waals surface area contributed by atoms with Crippen molar-refractivity contribution in [1.29, 1.82) is 0 Å². The Morgan fingerprint density at radius 2 is 1.89 bits per heavy atom. The Morgan fingerprint density at radius 1 is 1.19 bits per heavy atom. The maximum atomic E-state index is 11.3. The van der Waals surface area contributed by atoms with E-state index in [4.69, 9.17) is 4.98 Å². The number of hydrogen-bond donors (Lipinski definition) is 0. The minimum atomic E-state index is 0.368. The summed E-state index contributed by atoms with van der Waals surface area (Å²) >= 11 is 1.93. The van der Waals surface area contributed by atoms with Crippen LogP contribution in [0.5, 0.6) is 0 Å². The Morgan fingerprint density at radius 3 is 2.56 bits per heavy atom. The molecule has 0 aromatic carbocycles. The first-order valence-electron chi connectivity index (χ1n) is 10.8. The molecule has 1 aromatic rings. The number of hydrogen-bond acceptors (Lipinski definition) is 5. The van der Waals surface area contributed by atoms with E-state index in [-0.39, 0.29) is 0 Å². The lowest BCUT2D eigenvalue weighted by Crippen LogP contribution is -2.53. The summed E-state index contributed by atoms with van der Waals surface area (Å²) in [4.78, 5) is 22.9. The van der Waals surface area contributed by atoms with Gasteiger partial charge in [0, 0.05) is 37.5 Å². The second-order valence-corrected chi connectivity index (χ2v) is 11.1. The fourth-order valence-corrected chi connectivity index (χ4v) is 6.24. The number of nitrogens with zero attached hydrogens (tertiary/aromatic N) is 3. The van der Waals surface area contributed by atoms with Gasteiger partial charge < -0.3 is 9.69 Å². The van der Waals surface area contributed by atoms with Crippen molar-refractivity contribution in [2.45, 2.75) is 72.3 Å². The Kier molecular flexibility index (Phi) is 5.62. The molecule has 0 N–H and O–H groups in total. The Balaban J connectivity index is 1.22. The van der Waals surface area contributed by atoms with Gasteiger partial charge in [0.25, 0.3) is 0 Å². The third-order valence-corrected chi connectivity index (χ3v) is 7.92. The Labute approximate surface area is 168 Å². The van der Waals surface area contributed by atoms with Gasteiger partial charge in [-0.3, -0.25) is 4.90 Å². The monoisotopic (exact) mass is 389 g/mol. The average molecular weight is 390 g/mol. The molecule has 0 radical (unpaired) electrons. The number of Topliss-reactive ketones (excluding diaryl/α,β-unsaturated/α-hetero) is 1. The van der Waals surface area contributed by atoms with Gasteiger partial charge in [0.1, 0.15) is 5.78 Å². The van der Waals surface area contributed by atoms with Gasteiger partial charge in [-0.15, -0.1) is 11.3 Å². The SMILES string of the molecule is CC(=O)CC1CCC(CCN2CCc3sc(N4CC(C)(C)C4)nc3C2)CC1. The molecule has 150 valence electrons. The minimum Gasteiger partial charge on any atom is -0.347 e. The smallest absolute Gasteiger partial charge is 0.185 e. The van der Waals surface area contributed by atoms with Crippen LogP contribution in [-0.2, 0) is 17.8 Å². The molecule has 3 aliphatic rings. The zero-order chi connectivity index (χ0) is 19.0. The van der Waals surface area contributed by atoms with Crippen molar-refractivity contribution < 1.29 is 4.79 Å². The van der Waals surface area contributed by atoms with Crippen LogP contribution in [0.3, 0.4) is 0 Å². The number of ketones is 1. The topological polar surface area (TPSA) is 36.4 Å². The Bertz CT molecular complexity index is 667. The molecule has 1 saturated carbocycles. The van der Waals surface area contributed by atoms with Crippen molar-refractivity contribution in [3.8, 4) is 0 Å². The van der Waals surface area contributed by atoms with Gasteiger partial charge in [0.15, 0.2) is 5.13 Å². The molecule has 0 unspecified atom stereocenters. The summed E-state index contributed by atoms with van der Waals surface area (Å²) in [5, 5.41) is 1.25. The number of carbonyl (C=O) groups is 1. The fourth-order valence-electron chi connectivity index (χ4n) is 5.18. The third-order valence-electron chi connectivity index (χ3n) is 6.70. The lowest BCUT2D eigenvalue weighted by molar-refractivity contribution is -0.118. The number of aromatic nitrogens is 1. The summed E-state index contributed by atoms with van der Waals surface area (Å²) in [6, 6.07) is 0. The summed E-state index contributed by atoms with van der Waals surface area (Å²) in [5.41, 5.74) is 1.80. The highest BCUT2D eigenvalue weighted by atomic mass is 32.1. The summed E-state index contributed by atoms with van der Waals surface area (Å²) in [6.07, 6.45) is 8.47. The molecular weight excluding hydrogens is 354 g/mol. The predicted octanol–water partition coefficient (Wildman–Crippen LogP) is 4.52. The molecule has 2 fully saturated rings. The lowest BCUT2D eigenvalue weighted by atomic mass is 9.78. The van der Waals surface area contributed by atoms with Crippen molar-refractivity contribution in [3.63, 3.8) is 0 Å². The number of rotatable bonds is 6. The summed E-state index contributed by atoms with van der Waals surface area (Å²) < 4.78 is 0. The molecule has 1 aromatic heterocycles. The second kappa shape index (κ2) is 7.82. The van der Waals surface area contributed by atoms with E-state index in [1.54, 1.807) is 6.92 Å². The van der Waals surface area contributed by atoms with E-state index in [0.717, 1.165) is 32.0 Å². The fraction of sp³-hybridized carbons (Fsp3) is 0.818. The van der Waals surface area contributed by atoms with E-state index >= 15 is 0 Å². The van der Waals surface area contributed by atoms with Crippen molar-refractivity contribution in [2.24, 2.45) is 17.3 Å². The summed E-state index contributed by atoms with van der Waals surface area (Å²) in [7, 11) is 0.